The zero-order chi connectivity index (χ0) is 20.5. The predicted molar refractivity (Wildman–Crippen MR) is 108 cm³/mol. The van der Waals surface area contributed by atoms with Crippen LogP contribution in [0.5, 0.6) is 11.5 Å². The molecule has 0 bridgehead atoms. The summed E-state index contributed by atoms with van der Waals surface area (Å²) >= 11 is 0. The Balaban J connectivity index is 1.94. The van der Waals surface area contributed by atoms with Crippen LogP contribution in [0.15, 0.2) is 42.6 Å². The molecule has 0 saturated carbocycles. The zero-order valence-corrected chi connectivity index (χ0v) is 15.9. The molecule has 1 aromatic heterocycles. The molecule has 4 rings (SSSR count). The lowest BCUT2D eigenvalue weighted by Gasteiger charge is -2.13. The van der Waals surface area contributed by atoms with Gasteiger partial charge in [0.1, 0.15) is 17.3 Å². The van der Waals surface area contributed by atoms with Crippen LogP contribution in [0.1, 0.15) is 16.8 Å². The van der Waals surface area contributed by atoms with E-state index >= 15 is 0 Å². The van der Waals surface area contributed by atoms with Gasteiger partial charge in [-0.25, -0.2) is 4.39 Å². The Kier molecular flexibility index (Phi) is 4.82. The Hall–Kier alpha value is -3.58. The first-order valence-corrected chi connectivity index (χ1v) is 8.92. The number of carbonyl (C=O) groups excluding carboxylic acids is 1. The molecule has 0 aliphatic carbocycles. The van der Waals surface area contributed by atoms with Gasteiger partial charge in [-0.2, -0.15) is 0 Å². The molecule has 0 unspecified atom stereocenters. The number of amides is 1. The summed E-state index contributed by atoms with van der Waals surface area (Å²) in [7, 11) is 3.02. The van der Waals surface area contributed by atoms with Crippen LogP contribution in [-0.2, 0) is 11.4 Å². The van der Waals surface area contributed by atoms with Crippen molar-refractivity contribution in [3.63, 3.8) is 0 Å². The number of hydrogen-bond acceptors (Lipinski definition) is 4. The zero-order valence-electron chi connectivity index (χ0n) is 15.9. The van der Waals surface area contributed by atoms with E-state index in [2.05, 4.69) is 10.3 Å². The van der Waals surface area contributed by atoms with E-state index < -0.39 is 5.82 Å². The van der Waals surface area contributed by atoms with Crippen molar-refractivity contribution in [1.29, 1.82) is 0 Å². The summed E-state index contributed by atoms with van der Waals surface area (Å²) in [6.07, 6.45) is 3.34. The van der Waals surface area contributed by atoms with E-state index in [1.54, 1.807) is 36.5 Å². The molecule has 0 spiro atoms. The normalized spacial score (nSPS) is 14.1. The molecular weight excluding hydrogens is 375 g/mol. The highest BCUT2D eigenvalue weighted by Gasteiger charge is 2.30. The van der Waals surface area contributed by atoms with Crippen LogP contribution in [0.2, 0.25) is 0 Å². The largest absolute Gasteiger partial charge is 0.496 e. The first-order valence-electron chi connectivity index (χ1n) is 8.92. The smallest absolute Gasteiger partial charge is 0.256 e. The minimum absolute atomic E-state index is 0.198. The number of hydrogen-bond donors (Lipinski definition) is 3. The average Bonchev–Trinajstić information content (AvgIpc) is 3.32. The monoisotopic (exact) mass is 394 g/mol. The number of nitrogens with one attached hydrogen (secondary N) is 2. The van der Waals surface area contributed by atoms with Crippen LogP contribution in [0.3, 0.4) is 0 Å². The van der Waals surface area contributed by atoms with Crippen LogP contribution in [-0.4, -0.2) is 30.2 Å². The molecule has 2 aromatic carbocycles. The maximum atomic E-state index is 15.0. The molecule has 1 aliphatic rings. The van der Waals surface area contributed by atoms with E-state index in [0.29, 0.717) is 45.1 Å². The third-order valence-corrected chi connectivity index (χ3v) is 4.91. The second-order valence-electron chi connectivity index (χ2n) is 6.50. The number of benzene rings is 2. The molecular formula is C22H19FN2O4. The van der Waals surface area contributed by atoms with Gasteiger partial charge in [-0.1, -0.05) is 12.1 Å². The van der Waals surface area contributed by atoms with Crippen molar-refractivity contribution in [3.8, 4) is 22.6 Å². The first-order chi connectivity index (χ1) is 14.1. The van der Waals surface area contributed by atoms with Crippen LogP contribution in [0.25, 0.3) is 22.8 Å². The van der Waals surface area contributed by atoms with Gasteiger partial charge in [0.25, 0.3) is 5.91 Å². The Morgan fingerprint density at radius 2 is 1.86 bits per heavy atom. The van der Waals surface area contributed by atoms with Gasteiger partial charge in [-0.3, -0.25) is 4.79 Å². The van der Waals surface area contributed by atoms with Gasteiger partial charge in [0.2, 0.25) is 0 Å². The summed E-state index contributed by atoms with van der Waals surface area (Å²) in [6.45, 7) is -0.198. The van der Waals surface area contributed by atoms with Crippen molar-refractivity contribution in [2.24, 2.45) is 0 Å². The number of fused-ring (bicyclic) bond motifs is 1. The van der Waals surface area contributed by atoms with Crippen molar-refractivity contribution in [2.45, 2.75) is 6.61 Å². The predicted octanol–water partition coefficient (Wildman–Crippen LogP) is 3.82. The average molecular weight is 394 g/mol. The molecule has 0 saturated heterocycles. The van der Waals surface area contributed by atoms with E-state index in [4.69, 9.17) is 9.47 Å². The lowest BCUT2D eigenvalue weighted by Crippen LogP contribution is -2.03. The molecule has 7 heteroatoms. The number of carbonyl (C=O) groups is 1. The molecule has 0 radical (unpaired) electrons. The third kappa shape index (κ3) is 3.15. The maximum Gasteiger partial charge on any atom is 0.256 e. The number of rotatable bonds is 5. The molecule has 6 nitrogen and oxygen atoms in total. The van der Waals surface area contributed by atoms with Crippen molar-refractivity contribution in [1.82, 2.24) is 4.98 Å². The van der Waals surface area contributed by atoms with Crippen molar-refractivity contribution >= 4 is 23.2 Å². The van der Waals surface area contributed by atoms with Crippen LogP contribution in [0.4, 0.5) is 10.1 Å². The molecule has 0 atom stereocenters. The number of aliphatic hydroxyl groups excluding tert-OH is 1. The number of methoxy groups -OCH3 is 2. The summed E-state index contributed by atoms with van der Waals surface area (Å²) in [5.74, 6) is 0.215. The Morgan fingerprint density at radius 3 is 2.59 bits per heavy atom. The third-order valence-electron chi connectivity index (χ3n) is 4.91. The number of anilines is 1. The van der Waals surface area contributed by atoms with Crippen molar-refractivity contribution in [3.05, 3.63) is 65.2 Å². The van der Waals surface area contributed by atoms with E-state index in [-0.39, 0.29) is 18.1 Å². The SMILES string of the molecule is COc1cc(-c2c(F)ccc3c2/C(=C/c2[nH]ccc2OC)C(=O)N3)ccc1CO. The Morgan fingerprint density at radius 1 is 1.07 bits per heavy atom. The lowest BCUT2D eigenvalue weighted by atomic mass is 9.93. The molecule has 148 valence electrons. The first kappa shape index (κ1) is 18.8. The number of halogens is 1. The molecule has 1 amide bonds. The summed E-state index contributed by atoms with van der Waals surface area (Å²) < 4.78 is 25.6. The molecule has 1 aliphatic heterocycles. The van der Waals surface area contributed by atoms with E-state index in [1.807, 2.05) is 0 Å². The van der Waals surface area contributed by atoms with Gasteiger partial charge in [0, 0.05) is 28.6 Å². The quantitative estimate of drug-likeness (QED) is 0.575. The van der Waals surface area contributed by atoms with Gasteiger partial charge in [-0.05, 0) is 35.9 Å². The number of aliphatic hydroxyl groups is 1. The van der Waals surface area contributed by atoms with E-state index in [9.17, 15) is 14.3 Å². The van der Waals surface area contributed by atoms with Crippen molar-refractivity contribution in [2.75, 3.05) is 19.5 Å². The standard InChI is InChI=1S/C22H19FN2O4/c1-28-18-7-8-24-17(18)10-14-21-16(25-22(14)27)6-5-15(23)20(21)12-3-4-13(11-26)19(9-12)29-2/h3-10,24,26H,11H2,1-2H3,(H,25,27)/b14-10-. The highest BCUT2D eigenvalue weighted by atomic mass is 19.1. The van der Waals surface area contributed by atoms with Crippen LogP contribution in [0, 0.1) is 5.82 Å². The topological polar surface area (TPSA) is 83.6 Å². The number of ether oxygens (including phenoxy) is 2. The second kappa shape index (κ2) is 7.44. The molecule has 3 N–H and O–H groups in total. The van der Waals surface area contributed by atoms with Crippen LogP contribution < -0.4 is 14.8 Å². The summed E-state index contributed by atoms with van der Waals surface area (Å²) in [4.78, 5) is 15.7. The fourth-order valence-electron chi connectivity index (χ4n) is 3.52. The van der Waals surface area contributed by atoms with Gasteiger partial charge < -0.3 is 24.9 Å². The molecule has 3 aromatic rings. The van der Waals surface area contributed by atoms with Crippen LogP contribution >= 0.6 is 0 Å². The summed E-state index contributed by atoms with van der Waals surface area (Å²) in [6, 6.07) is 9.62. The minimum Gasteiger partial charge on any atom is -0.496 e. The lowest BCUT2D eigenvalue weighted by molar-refractivity contribution is -0.110. The minimum atomic E-state index is -0.469. The van der Waals surface area contributed by atoms with Gasteiger partial charge in [0.05, 0.1) is 32.1 Å². The fraction of sp³-hybridized carbons (Fsp3) is 0.136. The fourth-order valence-corrected chi connectivity index (χ4v) is 3.52. The van der Waals surface area contributed by atoms with E-state index in [0.717, 1.165) is 0 Å². The number of aromatic nitrogens is 1. The highest BCUT2D eigenvalue weighted by molar-refractivity contribution is 6.36. The van der Waals surface area contributed by atoms with Gasteiger partial charge in [-0.15, -0.1) is 0 Å². The molecule has 0 fully saturated rings. The molecule has 2 heterocycles. The second-order valence-corrected chi connectivity index (χ2v) is 6.50. The summed E-state index contributed by atoms with van der Waals surface area (Å²) in [5.41, 5.74) is 3.31. The van der Waals surface area contributed by atoms with Gasteiger partial charge >= 0.3 is 0 Å². The Bertz CT molecular complexity index is 1130. The molecule has 29 heavy (non-hydrogen) atoms. The van der Waals surface area contributed by atoms with E-state index in [1.165, 1.54) is 26.4 Å². The highest BCUT2D eigenvalue weighted by Crippen LogP contribution is 2.43. The van der Waals surface area contributed by atoms with Gasteiger partial charge in [0.15, 0.2) is 0 Å². The maximum absolute atomic E-state index is 15.0. The number of H-pyrrole nitrogens is 1. The number of aromatic amines is 1. The summed E-state index contributed by atoms with van der Waals surface area (Å²) in [5, 5.41) is 12.2. The van der Waals surface area contributed by atoms with Crippen molar-refractivity contribution < 1.29 is 23.8 Å². The Labute approximate surface area is 166 Å².